The van der Waals surface area contributed by atoms with Gasteiger partial charge in [-0.2, -0.15) is 0 Å². The topological polar surface area (TPSA) is 125 Å². The molecule has 58 heavy (non-hydrogen) atoms. The van der Waals surface area contributed by atoms with Gasteiger partial charge in [-0.25, -0.2) is 0 Å². The number of hydrogen-bond acceptors (Lipinski definition) is 9. The van der Waals surface area contributed by atoms with Gasteiger partial charge in [-0.15, -0.1) is 0 Å². The van der Waals surface area contributed by atoms with Gasteiger partial charge in [-0.1, -0.05) is 169 Å². The van der Waals surface area contributed by atoms with Gasteiger partial charge in [0.15, 0.2) is 0 Å². The lowest BCUT2D eigenvalue weighted by atomic mass is 10.0. The molecule has 0 fully saturated rings. The van der Waals surface area contributed by atoms with Crippen molar-refractivity contribution in [1.82, 2.24) is 4.90 Å². The van der Waals surface area contributed by atoms with Crippen molar-refractivity contribution in [2.45, 2.75) is 234 Å². The molecule has 0 bridgehead atoms. The summed E-state index contributed by atoms with van der Waals surface area (Å²) in [5, 5.41) is 14.6. The van der Waals surface area contributed by atoms with Gasteiger partial charge in [0, 0.05) is 32.5 Å². The molecule has 0 amide bonds. The van der Waals surface area contributed by atoms with Crippen molar-refractivity contribution in [3.63, 3.8) is 0 Å². The van der Waals surface area contributed by atoms with Crippen molar-refractivity contribution < 1.29 is 19.4 Å². The molecule has 0 aromatic heterocycles. The van der Waals surface area contributed by atoms with Crippen molar-refractivity contribution in [1.29, 1.82) is 0 Å². The zero-order valence-corrected chi connectivity index (χ0v) is 38.9. The van der Waals surface area contributed by atoms with Gasteiger partial charge < -0.3 is 25.4 Å². The van der Waals surface area contributed by atoms with E-state index in [9.17, 15) is 19.2 Å². The number of aliphatic hydroxyl groups excluding tert-OH is 1. The van der Waals surface area contributed by atoms with Gasteiger partial charge in [0.2, 0.25) is 0 Å². The first-order valence-electron chi connectivity index (χ1n) is 24.6. The summed E-state index contributed by atoms with van der Waals surface area (Å²) in [7, 11) is 0. The zero-order chi connectivity index (χ0) is 43.2. The number of nitrogens with one attached hydrogen (secondary N) is 2. The second-order valence-electron chi connectivity index (χ2n) is 16.3. The number of ether oxygens (including phenoxy) is 1. The van der Waals surface area contributed by atoms with E-state index in [2.05, 4.69) is 48.0 Å². The maximum atomic E-state index is 12.0. The van der Waals surface area contributed by atoms with Crippen LogP contribution in [0.3, 0.4) is 0 Å². The molecule has 0 spiro atoms. The van der Waals surface area contributed by atoms with Crippen molar-refractivity contribution in [2.75, 3.05) is 56.6 Å². The predicted molar refractivity (Wildman–Crippen MR) is 250 cm³/mol. The highest BCUT2D eigenvalue weighted by molar-refractivity contribution is 5.78. The number of hydrogen-bond donors (Lipinski definition) is 3. The summed E-state index contributed by atoms with van der Waals surface area (Å²) in [5.74, 6) is 0.455. The van der Waals surface area contributed by atoms with E-state index in [0.717, 1.165) is 71.0 Å². The first kappa shape index (κ1) is 57.8. The normalized spacial score (nSPS) is 10.9. The third-order valence-corrected chi connectivity index (χ3v) is 10.7. The van der Waals surface area contributed by atoms with E-state index in [4.69, 9.17) is 5.11 Å². The minimum absolute atomic E-state index is 0.367. The molecule has 342 valence electrons. The lowest BCUT2D eigenvalue weighted by molar-refractivity contribution is -0.128. The first-order valence-corrected chi connectivity index (χ1v) is 24.6. The molecule has 0 saturated carbocycles. The van der Waals surface area contributed by atoms with E-state index in [1.807, 2.05) is 6.92 Å². The molecule has 3 N–H and O–H groups in total. The number of rotatable bonds is 42. The Balaban J connectivity index is 0. The van der Waals surface area contributed by atoms with Crippen molar-refractivity contribution in [3.05, 3.63) is 20.4 Å². The Morgan fingerprint density at radius 3 is 1.34 bits per heavy atom. The average molecular weight is 822 g/mol. The Morgan fingerprint density at radius 1 is 0.517 bits per heavy atom. The van der Waals surface area contributed by atoms with Gasteiger partial charge in [-0.3, -0.25) is 19.2 Å². The molecule has 0 aliphatic heterocycles. The highest BCUT2D eigenvalue weighted by atomic mass is 16.5. The summed E-state index contributed by atoms with van der Waals surface area (Å²) in [5.41, 5.74) is 0.131. The second-order valence-corrected chi connectivity index (χ2v) is 16.3. The fourth-order valence-electron chi connectivity index (χ4n) is 7.02. The van der Waals surface area contributed by atoms with Gasteiger partial charge in [-0.05, 0) is 71.5 Å². The molecule has 1 aromatic rings. The minimum atomic E-state index is -0.398. The Morgan fingerprint density at radius 2 is 0.897 bits per heavy atom. The predicted octanol–water partition coefficient (Wildman–Crippen LogP) is 12.3. The number of Topliss-reactive ketones (excluding diaryl/α,β-unsaturated/α-hetero) is 1. The lowest BCUT2D eigenvalue weighted by Gasteiger charge is -2.23. The molecule has 0 radical (unpaired) electrons. The molecule has 9 heteroatoms. The van der Waals surface area contributed by atoms with Crippen molar-refractivity contribution in [2.24, 2.45) is 0 Å². The summed E-state index contributed by atoms with van der Waals surface area (Å²) in [6.07, 6.45) is 37.3. The average Bonchev–Trinajstić information content (AvgIpc) is 3.23. The molecule has 0 heterocycles. The summed E-state index contributed by atoms with van der Waals surface area (Å²) in [6.45, 7) is 16.9. The highest BCUT2D eigenvalue weighted by Gasteiger charge is 2.19. The Kier molecular flexibility index (Phi) is 47.3. The Hall–Kier alpha value is -2.26. The van der Waals surface area contributed by atoms with E-state index < -0.39 is 10.9 Å². The quantitative estimate of drug-likeness (QED) is 0.0336. The van der Waals surface area contributed by atoms with E-state index in [1.165, 1.54) is 148 Å². The standard InChI is InChI=1S/C31H57N3O3.C10H20O2.C8H18O/c1-4-7-9-11-14-18-24-34(26-20-23-33-29-28(32-6-3)30(36)31(29)37)25-19-15-12-13-17-22-27(35)21-16-10-8-5-2;1-2-3-4-5-6-7-8-9-12-10-11;1-2-3-4-5-6-7-8-9/h32-33H,4-26H2,1-3H3;10H,2-9H2,1H3;9H,2-8H2,1H3. The number of unbranched alkanes of at least 4 members (excludes halogenated alkanes) is 23. The monoisotopic (exact) mass is 822 g/mol. The van der Waals surface area contributed by atoms with Crippen LogP contribution < -0.4 is 21.5 Å². The van der Waals surface area contributed by atoms with Gasteiger partial charge in [0.1, 0.15) is 17.2 Å². The Bertz CT molecular complexity index is 1070. The van der Waals surface area contributed by atoms with Gasteiger partial charge in [0.05, 0.1) is 6.61 Å². The minimum Gasteiger partial charge on any atom is -0.468 e. The molecule has 0 aliphatic rings. The van der Waals surface area contributed by atoms with Crippen LogP contribution in [0.1, 0.15) is 234 Å². The largest absolute Gasteiger partial charge is 0.468 e. The van der Waals surface area contributed by atoms with Crippen LogP contribution in [0.5, 0.6) is 0 Å². The van der Waals surface area contributed by atoms with Crippen LogP contribution in [-0.2, 0) is 14.3 Å². The summed E-state index contributed by atoms with van der Waals surface area (Å²) >= 11 is 0. The third-order valence-electron chi connectivity index (χ3n) is 10.7. The second kappa shape index (κ2) is 47.4. The van der Waals surface area contributed by atoms with Crippen LogP contribution in [0, 0.1) is 0 Å². The van der Waals surface area contributed by atoms with Crippen LogP contribution in [0.4, 0.5) is 11.4 Å². The molecule has 9 nitrogen and oxygen atoms in total. The first-order chi connectivity index (χ1) is 28.4. The van der Waals surface area contributed by atoms with E-state index in [0.29, 0.717) is 49.9 Å². The van der Waals surface area contributed by atoms with E-state index >= 15 is 0 Å². The number of carbonyl (C=O) groups is 2. The van der Waals surface area contributed by atoms with Gasteiger partial charge in [0.25, 0.3) is 17.3 Å². The molecular weight excluding hydrogens is 727 g/mol. The molecule has 0 atom stereocenters. The van der Waals surface area contributed by atoms with E-state index in [1.54, 1.807) is 0 Å². The number of nitrogens with zero attached hydrogens (tertiary/aromatic N) is 1. The van der Waals surface area contributed by atoms with Crippen molar-refractivity contribution in [3.8, 4) is 0 Å². The van der Waals surface area contributed by atoms with Crippen LogP contribution >= 0.6 is 0 Å². The SMILES string of the molecule is CCCCCCCCCOC=O.CCCCCCCCN(CCCCCCCC(=O)CCCCCC)CCCNc1c(NCC)c(=O)c1=O.CCCCCCCCO. The molecule has 1 aromatic carbocycles. The fraction of sp³-hybridized carbons (Fsp3) is 0.878. The fourth-order valence-corrected chi connectivity index (χ4v) is 7.02. The van der Waals surface area contributed by atoms with Crippen LogP contribution in [-0.4, -0.2) is 68.2 Å². The molecule has 0 aliphatic carbocycles. The number of aliphatic hydroxyl groups is 1. The maximum absolute atomic E-state index is 12.0. The van der Waals surface area contributed by atoms with Gasteiger partial charge >= 0.3 is 0 Å². The molecule has 1 rings (SSSR count). The lowest BCUT2D eigenvalue weighted by Crippen LogP contribution is -2.38. The molecular formula is C49H95N3O6. The number of carbonyl (C=O) groups excluding carboxylic acids is 2. The summed E-state index contributed by atoms with van der Waals surface area (Å²) in [6, 6.07) is 0. The van der Waals surface area contributed by atoms with E-state index in [-0.39, 0.29) is 0 Å². The van der Waals surface area contributed by atoms with Crippen LogP contribution in [0.2, 0.25) is 0 Å². The van der Waals surface area contributed by atoms with Crippen LogP contribution in [0.15, 0.2) is 9.59 Å². The van der Waals surface area contributed by atoms with Crippen molar-refractivity contribution >= 4 is 23.6 Å². The zero-order valence-electron chi connectivity index (χ0n) is 38.9. The third kappa shape index (κ3) is 38.0. The smallest absolute Gasteiger partial charge is 0.293 e. The highest BCUT2D eigenvalue weighted by Crippen LogP contribution is 2.15. The summed E-state index contributed by atoms with van der Waals surface area (Å²) < 4.78 is 4.58. The maximum Gasteiger partial charge on any atom is 0.293 e. The summed E-state index contributed by atoms with van der Waals surface area (Å²) in [4.78, 5) is 47.9. The van der Waals surface area contributed by atoms with Crippen LogP contribution in [0.25, 0.3) is 0 Å². The number of anilines is 2. The Labute approximate surface area is 357 Å². The number of ketones is 1. The molecule has 0 saturated heterocycles. The molecule has 0 unspecified atom stereocenters.